The first-order chi connectivity index (χ1) is 12.0. The Morgan fingerprint density at radius 1 is 1.20 bits per heavy atom. The van der Waals surface area contributed by atoms with Gasteiger partial charge in [0.15, 0.2) is 0 Å². The minimum atomic E-state index is -0.246. The number of carbonyl (C=O) groups excluding carboxylic acids is 1. The van der Waals surface area contributed by atoms with Gasteiger partial charge in [-0.2, -0.15) is 0 Å². The van der Waals surface area contributed by atoms with Gasteiger partial charge in [-0.25, -0.2) is 9.18 Å². The molecule has 3 aliphatic rings. The lowest BCUT2D eigenvalue weighted by Gasteiger charge is -2.36. The Morgan fingerprint density at radius 3 is 2.68 bits per heavy atom. The third-order valence-corrected chi connectivity index (χ3v) is 5.15. The van der Waals surface area contributed by atoms with Crippen molar-refractivity contribution in [1.82, 2.24) is 14.7 Å². The first-order valence-corrected chi connectivity index (χ1v) is 9.11. The number of amides is 2. The van der Waals surface area contributed by atoms with Crippen LogP contribution >= 0.6 is 0 Å². The van der Waals surface area contributed by atoms with Crippen molar-refractivity contribution in [2.45, 2.75) is 25.3 Å². The lowest BCUT2D eigenvalue weighted by Crippen LogP contribution is -2.46. The molecular weight excluding hydrogens is 321 g/mol. The lowest BCUT2D eigenvalue weighted by atomic mass is 9.95. The number of hydrogen-bond donors (Lipinski definition) is 0. The van der Waals surface area contributed by atoms with Crippen LogP contribution in [0.4, 0.5) is 9.18 Å². The summed E-state index contributed by atoms with van der Waals surface area (Å²) in [6, 6.07) is 6.73. The van der Waals surface area contributed by atoms with E-state index in [0.717, 1.165) is 32.6 Å². The Labute approximate surface area is 149 Å². The maximum atomic E-state index is 12.9. The number of rotatable bonds is 5. The van der Waals surface area contributed by atoms with E-state index in [1.165, 1.54) is 25.0 Å². The number of carbonyl (C=O) groups is 1. The fourth-order valence-electron chi connectivity index (χ4n) is 3.88. The molecule has 1 aromatic carbocycles. The number of fused-ring (bicyclic) bond motifs is 4. The van der Waals surface area contributed by atoms with Gasteiger partial charge < -0.3 is 14.5 Å². The van der Waals surface area contributed by atoms with E-state index in [9.17, 15) is 9.18 Å². The number of hydrogen-bond acceptors (Lipinski definition) is 3. The number of halogens is 1. The van der Waals surface area contributed by atoms with Gasteiger partial charge in [0.2, 0.25) is 0 Å². The van der Waals surface area contributed by atoms with E-state index in [4.69, 9.17) is 4.74 Å². The molecule has 0 aromatic heterocycles. The van der Waals surface area contributed by atoms with Crippen LogP contribution in [-0.4, -0.2) is 73.7 Å². The van der Waals surface area contributed by atoms with E-state index in [2.05, 4.69) is 4.90 Å². The molecule has 6 heteroatoms. The summed E-state index contributed by atoms with van der Waals surface area (Å²) in [6.07, 6.45) is 3.31. The topological polar surface area (TPSA) is 36.0 Å². The molecule has 3 saturated heterocycles. The molecule has 2 amide bonds. The first-order valence-electron chi connectivity index (χ1n) is 9.11. The van der Waals surface area contributed by atoms with E-state index in [1.807, 2.05) is 19.0 Å². The van der Waals surface area contributed by atoms with Crippen molar-refractivity contribution in [2.75, 3.05) is 46.9 Å². The van der Waals surface area contributed by atoms with Gasteiger partial charge in [0.25, 0.3) is 0 Å². The zero-order chi connectivity index (χ0) is 17.8. The highest BCUT2D eigenvalue weighted by atomic mass is 19.1. The van der Waals surface area contributed by atoms with Crippen LogP contribution in [0.5, 0.6) is 5.75 Å². The maximum Gasteiger partial charge on any atom is 0.319 e. The standard InChI is InChI=1S/C19H28FN3O2/c1-21(2)19(24)23-13-15-4-7-17(14-23)22(12-15)10-3-11-25-18-8-5-16(20)6-9-18/h5-6,8-9,15,17H,3-4,7,10-14H2,1-2H3/t15-,17-/m1/s1. The number of urea groups is 1. The van der Waals surface area contributed by atoms with Gasteiger partial charge in [0.05, 0.1) is 6.61 Å². The summed E-state index contributed by atoms with van der Waals surface area (Å²) in [4.78, 5) is 18.5. The average molecular weight is 349 g/mol. The minimum Gasteiger partial charge on any atom is -0.494 e. The van der Waals surface area contributed by atoms with Gasteiger partial charge in [0, 0.05) is 46.3 Å². The van der Waals surface area contributed by atoms with Gasteiger partial charge in [0.1, 0.15) is 11.6 Å². The van der Waals surface area contributed by atoms with Crippen LogP contribution in [0.1, 0.15) is 19.3 Å². The molecule has 0 spiro atoms. The Bertz CT molecular complexity index is 579. The second-order valence-electron chi connectivity index (χ2n) is 7.33. The first kappa shape index (κ1) is 18.0. The van der Waals surface area contributed by atoms with E-state index in [0.29, 0.717) is 24.3 Å². The third-order valence-electron chi connectivity index (χ3n) is 5.15. The van der Waals surface area contributed by atoms with E-state index < -0.39 is 0 Å². The molecule has 5 nitrogen and oxygen atoms in total. The number of nitrogens with zero attached hydrogens (tertiary/aromatic N) is 3. The van der Waals surface area contributed by atoms with Crippen LogP contribution in [0.2, 0.25) is 0 Å². The van der Waals surface area contributed by atoms with Crippen LogP contribution in [-0.2, 0) is 0 Å². The fourth-order valence-corrected chi connectivity index (χ4v) is 3.88. The summed E-state index contributed by atoms with van der Waals surface area (Å²) >= 11 is 0. The predicted octanol–water partition coefficient (Wildman–Crippen LogP) is 2.67. The van der Waals surface area contributed by atoms with Crippen molar-refractivity contribution >= 4 is 6.03 Å². The highest BCUT2D eigenvalue weighted by Crippen LogP contribution is 2.28. The molecule has 3 aliphatic heterocycles. The Balaban J connectivity index is 1.47. The van der Waals surface area contributed by atoms with Gasteiger partial charge in [-0.15, -0.1) is 0 Å². The quantitative estimate of drug-likeness (QED) is 0.767. The molecule has 2 atom stereocenters. The summed E-state index contributed by atoms with van der Waals surface area (Å²) in [6.45, 7) is 4.37. The lowest BCUT2D eigenvalue weighted by molar-refractivity contribution is 0.122. The van der Waals surface area contributed by atoms with Crippen LogP contribution in [0.3, 0.4) is 0 Å². The van der Waals surface area contributed by atoms with Gasteiger partial charge in [-0.3, -0.25) is 4.90 Å². The summed E-state index contributed by atoms with van der Waals surface area (Å²) in [5.41, 5.74) is 0. The van der Waals surface area contributed by atoms with Gasteiger partial charge >= 0.3 is 6.03 Å². The largest absolute Gasteiger partial charge is 0.494 e. The molecule has 0 radical (unpaired) electrons. The van der Waals surface area contributed by atoms with Crippen LogP contribution < -0.4 is 4.74 Å². The van der Waals surface area contributed by atoms with Gasteiger partial charge in [-0.05, 0) is 49.4 Å². The van der Waals surface area contributed by atoms with Crippen molar-refractivity contribution in [2.24, 2.45) is 5.92 Å². The summed E-state index contributed by atoms with van der Waals surface area (Å²) < 4.78 is 18.6. The molecule has 1 aromatic rings. The zero-order valence-corrected chi connectivity index (χ0v) is 15.2. The molecule has 2 bridgehead atoms. The second-order valence-corrected chi connectivity index (χ2v) is 7.33. The van der Waals surface area contributed by atoms with Crippen LogP contribution in [0, 0.1) is 11.7 Å². The monoisotopic (exact) mass is 349 g/mol. The maximum absolute atomic E-state index is 12.9. The van der Waals surface area contributed by atoms with Crippen molar-refractivity contribution in [3.05, 3.63) is 30.1 Å². The number of benzene rings is 1. The molecule has 25 heavy (non-hydrogen) atoms. The smallest absolute Gasteiger partial charge is 0.319 e. The summed E-state index contributed by atoms with van der Waals surface area (Å²) in [7, 11) is 3.64. The Morgan fingerprint density at radius 2 is 1.96 bits per heavy atom. The normalized spacial score (nSPS) is 23.4. The average Bonchev–Trinajstić information content (AvgIpc) is 2.91. The molecule has 3 fully saturated rings. The van der Waals surface area contributed by atoms with E-state index in [-0.39, 0.29) is 11.8 Å². The highest BCUT2D eigenvalue weighted by molar-refractivity contribution is 5.74. The molecular formula is C19H28FN3O2. The molecule has 0 N–H and O–H groups in total. The van der Waals surface area contributed by atoms with Crippen LogP contribution in [0.15, 0.2) is 24.3 Å². The predicted molar refractivity (Wildman–Crippen MR) is 95.3 cm³/mol. The van der Waals surface area contributed by atoms with Crippen molar-refractivity contribution in [1.29, 1.82) is 0 Å². The summed E-state index contributed by atoms with van der Waals surface area (Å²) in [5.74, 6) is 1.03. The Hall–Kier alpha value is -1.82. The second kappa shape index (κ2) is 8.04. The minimum absolute atomic E-state index is 0.124. The number of piperidine rings is 1. The fraction of sp³-hybridized carbons (Fsp3) is 0.632. The molecule has 4 rings (SSSR count). The van der Waals surface area contributed by atoms with Crippen molar-refractivity contribution < 1.29 is 13.9 Å². The Kier molecular flexibility index (Phi) is 5.78. The molecule has 3 heterocycles. The van der Waals surface area contributed by atoms with Crippen LogP contribution in [0.25, 0.3) is 0 Å². The summed E-state index contributed by atoms with van der Waals surface area (Å²) in [5, 5.41) is 0. The van der Waals surface area contributed by atoms with Crippen molar-refractivity contribution in [3.63, 3.8) is 0 Å². The van der Waals surface area contributed by atoms with E-state index >= 15 is 0 Å². The van der Waals surface area contributed by atoms with E-state index in [1.54, 1.807) is 17.0 Å². The molecule has 138 valence electrons. The molecule has 0 saturated carbocycles. The van der Waals surface area contributed by atoms with Crippen molar-refractivity contribution in [3.8, 4) is 5.75 Å². The SMILES string of the molecule is CN(C)C(=O)N1C[C@@H]2CC[C@H](C1)N(CCCOc1ccc(F)cc1)C2. The zero-order valence-electron chi connectivity index (χ0n) is 15.2. The van der Waals surface area contributed by atoms with Gasteiger partial charge in [-0.1, -0.05) is 0 Å². The number of ether oxygens (including phenoxy) is 1. The third kappa shape index (κ3) is 4.63. The molecule has 0 aliphatic carbocycles. The molecule has 0 unspecified atom stereocenters. The highest BCUT2D eigenvalue weighted by Gasteiger charge is 2.36.